The van der Waals surface area contributed by atoms with Crippen molar-refractivity contribution < 1.29 is 19.0 Å². The molecule has 19 heavy (non-hydrogen) atoms. The van der Waals surface area contributed by atoms with E-state index < -0.39 is 6.10 Å². The average molecular weight is 265 g/mol. The molecule has 1 saturated heterocycles. The SMILES string of the molecule is COc1ccccc1O[C@@H](C)C(=O)N1CCOCC1. The fourth-order valence-electron chi connectivity index (χ4n) is 2.00. The van der Waals surface area contributed by atoms with Crippen LogP contribution in [0.2, 0.25) is 0 Å². The minimum Gasteiger partial charge on any atom is -0.493 e. The highest BCUT2D eigenvalue weighted by Crippen LogP contribution is 2.27. The maximum absolute atomic E-state index is 12.2. The topological polar surface area (TPSA) is 48.0 Å². The smallest absolute Gasteiger partial charge is 0.263 e. The van der Waals surface area contributed by atoms with Crippen LogP contribution in [0.3, 0.4) is 0 Å². The third kappa shape index (κ3) is 3.38. The van der Waals surface area contributed by atoms with Crippen molar-refractivity contribution in [2.24, 2.45) is 0 Å². The minimum atomic E-state index is -0.533. The van der Waals surface area contributed by atoms with Crippen LogP contribution in [0.1, 0.15) is 6.92 Å². The fraction of sp³-hybridized carbons (Fsp3) is 0.500. The van der Waals surface area contributed by atoms with Crippen LogP contribution in [-0.2, 0) is 9.53 Å². The van der Waals surface area contributed by atoms with Gasteiger partial charge < -0.3 is 19.1 Å². The molecule has 1 aliphatic rings. The fourth-order valence-corrected chi connectivity index (χ4v) is 2.00. The summed E-state index contributed by atoms with van der Waals surface area (Å²) in [4.78, 5) is 14.0. The van der Waals surface area contributed by atoms with Crippen LogP contribution in [0.4, 0.5) is 0 Å². The number of morpholine rings is 1. The van der Waals surface area contributed by atoms with Gasteiger partial charge in [0.15, 0.2) is 17.6 Å². The molecule has 0 N–H and O–H groups in total. The van der Waals surface area contributed by atoms with E-state index in [1.807, 2.05) is 12.1 Å². The second kappa shape index (κ2) is 6.43. The maximum atomic E-state index is 12.2. The lowest BCUT2D eigenvalue weighted by Gasteiger charge is -2.29. The Morgan fingerprint density at radius 1 is 1.26 bits per heavy atom. The first-order chi connectivity index (χ1) is 9.22. The molecule has 1 aliphatic heterocycles. The number of amides is 1. The zero-order valence-electron chi connectivity index (χ0n) is 11.3. The van der Waals surface area contributed by atoms with E-state index in [1.165, 1.54) is 0 Å². The van der Waals surface area contributed by atoms with Gasteiger partial charge in [0.1, 0.15) is 0 Å². The second-order valence-corrected chi connectivity index (χ2v) is 4.35. The normalized spacial score (nSPS) is 16.8. The first-order valence-electron chi connectivity index (χ1n) is 6.38. The number of nitrogens with zero attached hydrogens (tertiary/aromatic N) is 1. The van der Waals surface area contributed by atoms with Crippen LogP contribution >= 0.6 is 0 Å². The summed E-state index contributed by atoms with van der Waals surface area (Å²) in [7, 11) is 1.58. The third-order valence-corrected chi connectivity index (χ3v) is 3.04. The summed E-state index contributed by atoms with van der Waals surface area (Å²) in [5.74, 6) is 1.19. The molecule has 104 valence electrons. The molecule has 5 heteroatoms. The van der Waals surface area contributed by atoms with Gasteiger partial charge in [0.25, 0.3) is 5.91 Å². The quantitative estimate of drug-likeness (QED) is 0.824. The summed E-state index contributed by atoms with van der Waals surface area (Å²) in [5, 5.41) is 0. The van der Waals surface area contributed by atoms with E-state index in [4.69, 9.17) is 14.2 Å². The molecular weight excluding hydrogens is 246 g/mol. The summed E-state index contributed by atoms with van der Waals surface area (Å²) in [6.45, 7) is 4.18. The van der Waals surface area contributed by atoms with Crippen LogP contribution in [0.25, 0.3) is 0 Å². The first-order valence-corrected chi connectivity index (χ1v) is 6.38. The molecule has 0 saturated carbocycles. The number of methoxy groups -OCH3 is 1. The zero-order chi connectivity index (χ0) is 13.7. The molecule has 1 aromatic carbocycles. The van der Waals surface area contributed by atoms with Crippen molar-refractivity contribution in [2.45, 2.75) is 13.0 Å². The molecule has 0 unspecified atom stereocenters. The molecule has 0 aliphatic carbocycles. The standard InChI is InChI=1S/C14H19NO4/c1-11(14(16)15-7-9-18-10-8-15)19-13-6-4-3-5-12(13)17-2/h3-6,11H,7-10H2,1-2H3/t11-/m0/s1. The molecule has 1 aromatic rings. The Hall–Kier alpha value is -1.75. The van der Waals surface area contributed by atoms with Gasteiger partial charge in [-0.05, 0) is 19.1 Å². The second-order valence-electron chi connectivity index (χ2n) is 4.35. The van der Waals surface area contributed by atoms with Crippen LogP contribution in [0, 0.1) is 0 Å². The zero-order valence-corrected chi connectivity index (χ0v) is 11.3. The minimum absolute atomic E-state index is 0.0193. The van der Waals surface area contributed by atoms with Crippen molar-refractivity contribution in [2.75, 3.05) is 33.4 Å². The van der Waals surface area contributed by atoms with E-state index >= 15 is 0 Å². The number of hydrogen-bond acceptors (Lipinski definition) is 4. The molecule has 0 spiro atoms. The Morgan fingerprint density at radius 2 is 1.89 bits per heavy atom. The number of benzene rings is 1. The Kier molecular flexibility index (Phi) is 4.63. The van der Waals surface area contributed by atoms with Crippen molar-refractivity contribution in [1.82, 2.24) is 4.90 Å². The number of carbonyl (C=O) groups is 1. The van der Waals surface area contributed by atoms with E-state index in [-0.39, 0.29) is 5.91 Å². The lowest BCUT2D eigenvalue weighted by atomic mass is 10.3. The van der Waals surface area contributed by atoms with Crippen molar-refractivity contribution in [1.29, 1.82) is 0 Å². The molecular formula is C14H19NO4. The summed E-state index contributed by atoms with van der Waals surface area (Å²) >= 11 is 0. The van der Waals surface area contributed by atoms with Crippen LogP contribution < -0.4 is 9.47 Å². The Morgan fingerprint density at radius 3 is 2.53 bits per heavy atom. The molecule has 1 fully saturated rings. The highest BCUT2D eigenvalue weighted by Gasteiger charge is 2.24. The highest BCUT2D eigenvalue weighted by molar-refractivity contribution is 5.81. The van der Waals surface area contributed by atoms with Gasteiger partial charge in [-0.3, -0.25) is 4.79 Å². The summed E-state index contributed by atoms with van der Waals surface area (Å²) < 4.78 is 16.1. The van der Waals surface area contributed by atoms with Crippen molar-refractivity contribution in [3.05, 3.63) is 24.3 Å². The molecule has 2 rings (SSSR count). The van der Waals surface area contributed by atoms with Gasteiger partial charge in [0.2, 0.25) is 0 Å². The molecule has 0 aromatic heterocycles. The maximum Gasteiger partial charge on any atom is 0.263 e. The number of para-hydroxylation sites is 2. The van der Waals surface area contributed by atoms with Gasteiger partial charge in [-0.1, -0.05) is 12.1 Å². The van der Waals surface area contributed by atoms with Crippen LogP contribution in [0.15, 0.2) is 24.3 Å². The summed E-state index contributed by atoms with van der Waals surface area (Å²) in [6, 6.07) is 7.31. The third-order valence-electron chi connectivity index (χ3n) is 3.04. The highest BCUT2D eigenvalue weighted by atomic mass is 16.5. The van der Waals surface area contributed by atoms with Gasteiger partial charge in [-0.25, -0.2) is 0 Å². The van der Waals surface area contributed by atoms with Crippen molar-refractivity contribution >= 4 is 5.91 Å². The molecule has 0 bridgehead atoms. The van der Waals surface area contributed by atoms with Crippen molar-refractivity contribution in [3.8, 4) is 11.5 Å². The number of hydrogen-bond donors (Lipinski definition) is 0. The van der Waals surface area contributed by atoms with Crippen LogP contribution in [-0.4, -0.2) is 50.3 Å². The predicted molar refractivity (Wildman–Crippen MR) is 70.5 cm³/mol. The molecule has 1 amide bonds. The Bertz CT molecular complexity index is 429. The van der Waals surface area contributed by atoms with Gasteiger partial charge in [0, 0.05) is 13.1 Å². The Labute approximate surface area is 113 Å². The largest absolute Gasteiger partial charge is 0.493 e. The van der Waals surface area contributed by atoms with E-state index in [2.05, 4.69) is 0 Å². The lowest BCUT2D eigenvalue weighted by molar-refractivity contribution is -0.142. The van der Waals surface area contributed by atoms with Crippen LogP contribution in [0.5, 0.6) is 11.5 Å². The average Bonchev–Trinajstić information content (AvgIpc) is 2.48. The van der Waals surface area contributed by atoms with Gasteiger partial charge >= 0.3 is 0 Å². The molecule has 1 atom stereocenters. The van der Waals surface area contributed by atoms with Gasteiger partial charge in [0.05, 0.1) is 20.3 Å². The van der Waals surface area contributed by atoms with Gasteiger partial charge in [-0.2, -0.15) is 0 Å². The number of carbonyl (C=O) groups excluding carboxylic acids is 1. The monoisotopic (exact) mass is 265 g/mol. The number of ether oxygens (including phenoxy) is 3. The van der Waals surface area contributed by atoms with E-state index in [0.29, 0.717) is 37.8 Å². The number of rotatable bonds is 4. The molecule has 5 nitrogen and oxygen atoms in total. The van der Waals surface area contributed by atoms with E-state index in [1.54, 1.807) is 31.1 Å². The molecule has 1 heterocycles. The Balaban J connectivity index is 1.99. The van der Waals surface area contributed by atoms with Crippen molar-refractivity contribution in [3.63, 3.8) is 0 Å². The lowest BCUT2D eigenvalue weighted by Crippen LogP contribution is -2.46. The molecule has 0 radical (unpaired) electrons. The summed E-state index contributed by atoms with van der Waals surface area (Å²) in [5.41, 5.74) is 0. The first kappa shape index (κ1) is 13.7. The predicted octanol–water partition coefficient (Wildman–Crippen LogP) is 1.32. The van der Waals surface area contributed by atoms with Gasteiger partial charge in [-0.15, -0.1) is 0 Å². The van der Waals surface area contributed by atoms with E-state index in [9.17, 15) is 4.79 Å². The van der Waals surface area contributed by atoms with E-state index in [0.717, 1.165) is 0 Å². The summed E-state index contributed by atoms with van der Waals surface area (Å²) in [6.07, 6.45) is -0.533.